The summed E-state index contributed by atoms with van der Waals surface area (Å²) >= 11 is 0. The van der Waals surface area contributed by atoms with Gasteiger partial charge in [0.25, 0.3) is 0 Å². The maximum absolute atomic E-state index is 12.7. The average molecular weight is 528 g/mol. The Morgan fingerprint density at radius 2 is 1.85 bits per heavy atom. The van der Waals surface area contributed by atoms with Gasteiger partial charge >= 0.3 is 0 Å². The summed E-state index contributed by atoms with van der Waals surface area (Å²) in [6, 6.07) is 13.9. The van der Waals surface area contributed by atoms with E-state index in [1.807, 2.05) is 72.4 Å². The van der Waals surface area contributed by atoms with Crippen molar-refractivity contribution in [1.82, 2.24) is 19.4 Å². The fourth-order valence-corrected chi connectivity index (χ4v) is 4.39. The number of amides is 1. The molecule has 2 N–H and O–H groups in total. The number of rotatable bonds is 10. The van der Waals surface area contributed by atoms with Gasteiger partial charge in [-0.15, -0.1) is 0 Å². The number of fused-ring (bicyclic) bond motifs is 1. The molecule has 4 aromatic rings. The highest BCUT2D eigenvalue weighted by Gasteiger charge is 2.17. The Bertz CT molecular complexity index is 1500. The van der Waals surface area contributed by atoms with Gasteiger partial charge in [0.15, 0.2) is 0 Å². The number of carbonyl (C=O) groups is 1. The van der Waals surface area contributed by atoms with Crippen molar-refractivity contribution in [1.29, 1.82) is 0 Å². The third kappa shape index (κ3) is 6.56. The van der Waals surface area contributed by atoms with Gasteiger partial charge in [-0.05, 0) is 46.1 Å². The van der Waals surface area contributed by atoms with Crippen LogP contribution in [0.5, 0.6) is 5.75 Å². The van der Waals surface area contributed by atoms with Gasteiger partial charge in [-0.25, -0.2) is 9.97 Å². The molecule has 1 amide bonds. The zero-order valence-corrected chi connectivity index (χ0v) is 23.7. The standard InChI is InChI=1S/C30H37N7O2/c1-20(2)16-29(38)32-24-17-25(28(39-7)18-27(24)36(5)15-14-35(3)4)34-30-31-13-12-23(33-30)22-19-37(6)26-11-9-8-10-21(22)26/h8-13,16-19H,14-15H2,1-7H3,(H,32,38)(H,31,33,34). The number of aromatic nitrogens is 3. The summed E-state index contributed by atoms with van der Waals surface area (Å²) in [6.45, 7) is 5.41. The molecule has 9 heteroatoms. The van der Waals surface area contributed by atoms with E-state index < -0.39 is 0 Å². The largest absolute Gasteiger partial charge is 0.494 e. The highest BCUT2D eigenvalue weighted by molar-refractivity contribution is 6.03. The molecule has 2 aromatic heterocycles. The van der Waals surface area contributed by atoms with Gasteiger partial charge in [-0.3, -0.25) is 4.79 Å². The fourth-order valence-electron chi connectivity index (χ4n) is 4.39. The van der Waals surface area contributed by atoms with Crippen molar-refractivity contribution < 1.29 is 9.53 Å². The molecule has 9 nitrogen and oxygen atoms in total. The summed E-state index contributed by atoms with van der Waals surface area (Å²) in [5.74, 6) is 0.845. The van der Waals surface area contributed by atoms with Crippen LogP contribution in [-0.2, 0) is 11.8 Å². The lowest BCUT2D eigenvalue weighted by atomic mass is 10.1. The first kappa shape index (κ1) is 27.7. The molecule has 0 aliphatic heterocycles. The molecule has 0 radical (unpaired) electrons. The Morgan fingerprint density at radius 3 is 2.56 bits per heavy atom. The quantitative estimate of drug-likeness (QED) is 0.271. The molecular formula is C30H37N7O2. The number of para-hydroxylation sites is 1. The maximum atomic E-state index is 12.7. The van der Waals surface area contributed by atoms with Crippen LogP contribution in [0.15, 0.2) is 66.5 Å². The number of carbonyl (C=O) groups excluding carboxylic acids is 1. The maximum Gasteiger partial charge on any atom is 0.248 e. The third-order valence-electron chi connectivity index (χ3n) is 6.36. The Labute approximate surface area is 230 Å². The van der Waals surface area contributed by atoms with Crippen LogP contribution in [-0.4, -0.2) is 66.7 Å². The number of nitrogens with zero attached hydrogens (tertiary/aromatic N) is 5. The van der Waals surface area contributed by atoms with E-state index in [0.717, 1.165) is 46.5 Å². The lowest BCUT2D eigenvalue weighted by molar-refractivity contribution is -0.111. The van der Waals surface area contributed by atoms with E-state index in [0.29, 0.717) is 23.1 Å². The molecule has 0 aliphatic rings. The summed E-state index contributed by atoms with van der Waals surface area (Å²) in [5, 5.41) is 7.47. The molecular weight excluding hydrogens is 490 g/mol. The van der Waals surface area contributed by atoms with Crippen LogP contribution in [0.2, 0.25) is 0 Å². The zero-order chi connectivity index (χ0) is 28.1. The SMILES string of the molecule is COc1cc(N(C)CCN(C)C)c(NC(=O)C=C(C)C)cc1Nc1nccc(-c2cn(C)c3ccccc23)n1. The summed E-state index contributed by atoms with van der Waals surface area (Å²) in [6.07, 6.45) is 5.39. The number of anilines is 4. The Kier molecular flexibility index (Phi) is 8.51. The number of hydrogen-bond donors (Lipinski definition) is 2. The monoisotopic (exact) mass is 527 g/mol. The average Bonchev–Trinajstić information content (AvgIpc) is 3.23. The predicted molar refractivity (Wildman–Crippen MR) is 160 cm³/mol. The van der Waals surface area contributed by atoms with Crippen LogP contribution in [0, 0.1) is 0 Å². The van der Waals surface area contributed by atoms with Crippen molar-refractivity contribution in [3.8, 4) is 17.0 Å². The van der Waals surface area contributed by atoms with Crippen molar-refractivity contribution in [3.63, 3.8) is 0 Å². The number of ether oxygens (including phenoxy) is 1. The van der Waals surface area contributed by atoms with Gasteiger partial charge in [0.05, 0.1) is 29.9 Å². The smallest absolute Gasteiger partial charge is 0.248 e. The van der Waals surface area contributed by atoms with E-state index in [9.17, 15) is 4.79 Å². The zero-order valence-electron chi connectivity index (χ0n) is 23.7. The Morgan fingerprint density at radius 1 is 1.08 bits per heavy atom. The number of methoxy groups -OCH3 is 1. The molecule has 0 saturated heterocycles. The van der Waals surface area contributed by atoms with E-state index >= 15 is 0 Å². The molecule has 39 heavy (non-hydrogen) atoms. The summed E-state index contributed by atoms with van der Waals surface area (Å²) in [4.78, 5) is 26.2. The van der Waals surface area contributed by atoms with Crippen molar-refractivity contribution in [2.75, 3.05) is 56.9 Å². The molecule has 0 spiro atoms. The van der Waals surface area contributed by atoms with E-state index in [2.05, 4.69) is 48.3 Å². The van der Waals surface area contributed by atoms with Crippen LogP contribution in [0.3, 0.4) is 0 Å². The van der Waals surface area contributed by atoms with Gasteiger partial charge in [0.1, 0.15) is 5.75 Å². The number of nitrogens with one attached hydrogen (secondary N) is 2. The van der Waals surface area contributed by atoms with Crippen molar-refractivity contribution >= 4 is 39.8 Å². The van der Waals surface area contributed by atoms with Crippen molar-refractivity contribution in [2.45, 2.75) is 13.8 Å². The summed E-state index contributed by atoms with van der Waals surface area (Å²) < 4.78 is 7.84. The Balaban J connectivity index is 1.72. The van der Waals surface area contributed by atoms with E-state index in [1.54, 1.807) is 19.4 Å². The molecule has 204 valence electrons. The normalized spacial score (nSPS) is 11.0. The van der Waals surface area contributed by atoms with Crippen molar-refractivity contribution in [3.05, 3.63) is 66.5 Å². The number of benzene rings is 2. The molecule has 0 unspecified atom stereocenters. The minimum atomic E-state index is -0.192. The lowest BCUT2D eigenvalue weighted by Gasteiger charge is -2.26. The molecule has 4 rings (SSSR count). The molecule has 2 heterocycles. The summed E-state index contributed by atoms with van der Waals surface area (Å²) in [7, 11) is 9.72. The molecule has 0 saturated carbocycles. The highest BCUT2D eigenvalue weighted by Crippen LogP contribution is 2.38. The first-order chi connectivity index (χ1) is 18.7. The van der Waals surface area contributed by atoms with E-state index in [4.69, 9.17) is 9.72 Å². The minimum absolute atomic E-state index is 0.192. The molecule has 0 aliphatic carbocycles. The number of allylic oxidation sites excluding steroid dienone is 1. The second-order valence-electron chi connectivity index (χ2n) is 10.1. The highest BCUT2D eigenvalue weighted by atomic mass is 16.5. The van der Waals surface area contributed by atoms with Crippen LogP contribution in [0.1, 0.15) is 13.8 Å². The second kappa shape index (κ2) is 12.0. The van der Waals surface area contributed by atoms with E-state index in [1.165, 1.54) is 0 Å². The molecule has 0 bridgehead atoms. The van der Waals surface area contributed by atoms with Gasteiger partial charge in [0, 0.05) is 68.2 Å². The van der Waals surface area contributed by atoms with Gasteiger partial charge in [-0.2, -0.15) is 0 Å². The van der Waals surface area contributed by atoms with Gasteiger partial charge in [0.2, 0.25) is 11.9 Å². The van der Waals surface area contributed by atoms with Gasteiger partial charge in [-0.1, -0.05) is 23.8 Å². The van der Waals surface area contributed by atoms with E-state index in [-0.39, 0.29) is 5.91 Å². The van der Waals surface area contributed by atoms with Crippen LogP contribution in [0.25, 0.3) is 22.2 Å². The van der Waals surface area contributed by atoms with Crippen LogP contribution < -0.4 is 20.3 Å². The van der Waals surface area contributed by atoms with Crippen LogP contribution in [0.4, 0.5) is 23.0 Å². The van der Waals surface area contributed by atoms with Gasteiger partial charge < -0.3 is 29.7 Å². The lowest BCUT2D eigenvalue weighted by Crippen LogP contribution is -2.29. The molecule has 0 fully saturated rings. The molecule has 2 aromatic carbocycles. The van der Waals surface area contributed by atoms with Crippen molar-refractivity contribution in [2.24, 2.45) is 7.05 Å². The fraction of sp³-hybridized carbons (Fsp3) is 0.300. The Hall–Kier alpha value is -4.37. The number of likely N-dealkylation sites (N-methyl/N-ethyl adjacent to an activating group) is 2. The third-order valence-corrected chi connectivity index (χ3v) is 6.36. The number of aryl methyl sites for hydroxylation is 1. The second-order valence-corrected chi connectivity index (χ2v) is 10.1. The number of hydrogen-bond acceptors (Lipinski definition) is 7. The summed E-state index contributed by atoms with van der Waals surface area (Å²) in [5.41, 5.74) is 6.03. The predicted octanol–water partition coefficient (Wildman–Crippen LogP) is 5.29. The topological polar surface area (TPSA) is 87.5 Å². The van der Waals surface area contributed by atoms with Crippen LogP contribution >= 0.6 is 0 Å². The molecule has 0 atom stereocenters. The first-order valence-electron chi connectivity index (χ1n) is 12.8. The first-order valence-corrected chi connectivity index (χ1v) is 12.8. The minimum Gasteiger partial charge on any atom is -0.494 e.